The Morgan fingerprint density at radius 2 is 1.50 bits per heavy atom. The molecule has 0 aliphatic carbocycles. The van der Waals surface area contributed by atoms with Gasteiger partial charge in [-0.2, -0.15) is 4.98 Å². The van der Waals surface area contributed by atoms with Gasteiger partial charge >= 0.3 is 0 Å². The van der Waals surface area contributed by atoms with Gasteiger partial charge in [-0.25, -0.2) is 4.98 Å². The predicted octanol–water partition coefficient (Wildman–Crippen LogP) is 4.93. The summed E-state index contributed by atoms with van der Waals surface area (Å²) in [6.45, 7) is 1.92. The third-order valence-electron chi connectivity index (χ3n) is 3.32. The monoisotopic (exact) mass is 340 g/mol. The molecule has 0 unspecified atom stereocenters. The number of aryl methyl sites for hydroxylation is 1. The SMILES string of the molecule is COc1ccc(Nc2cc(C)nc(Nc3ccc(Cl)cc3)n2)cc1. The van der Waals surface area contributed by atoms with Crippen LogP contribution < -0.4 is 15.4 Å². The van der Waals surface area contributed by atoms with Crippen LogP contribution in [0.15, 0.2) is 54.6 Å². The van der Waals surface area contributed by atoms with Gasteiger partial charge < -0.3 is 15.4 Å². The molecule has 0 radical (unpaired) electrons. The number of hydrogen-bond donors (Lipinski definition) is 2. The number of aromatic nitrogens is 2. The third-order valence-corrected chi connectivity index (χ3v) is 3.57. The number of nitrogens with zero attached hydrogens (tertiary/aromatic N) is 2. The van der Waals surface area contributed by atoms with Gasteiger partial charge in [-0.3, -0.25) is 0 Å². The highest BCUT2D eigenvalue weighted by Gasteiger charge is 2.04. The van der Waals surface area contributed by atoms with Crippen molar-refractivity contribution in [1.82, 2.24) is 9.97 Å². The quantitative estimate of drug-likeness (QED) is 0.689. The van der Waals surface area contributed by atoms with Gasteiger partial charge in [-0.15, -0.1) is 0 Å². The topological polar surface area (TPSA) is 59.1 Å². The summed E-state index contributed by atoms with van der Waals surface area (Å²) < 4.78 is 5.16. The Balaban J connectivity index is 1.78. The van der Waals surface area contributed by atoms with Crippen LogP contribution in [-0.4, -0.2) is 17.1 Å². The van der Waals surface area contributed by atoms with E-state index in [-0.39, 0.29) is 0 Å². The fourth-order valence-corrected chi connectivity index (χ4v) is 2.30. The Kier molecular flexibility index (Phi) is 4.82. The molecule has 6 heteroatoms. The van der Waals surface area contributed by atoms with Crippen LogP contribution in [0.1, 0.15) is 5.69 Å². The minimum absolute atomic E-state index is 0.522. The van der Waals surface area contributed by atoms with Crippen LogP contribution in [0.3, 0.4) is 0 Å². The molecule has 0 bridgehead atoms. The Labute approximate surface area is 145 Å². The second-order valence-electron chi connectivity index (χ2n) is 5.20. The van der Waals surface area contributed by atoms with E-state index in [0.717, 1.165) is 22.8 Å². The number of ether oxygens (including phenoxy) is 1. The van der Waals surface area contributed by atoms with E-state index in [9.17, 15) is 0 Å². The number of halogens is 1. The molecule has 3 aromatic rings. The molecule has 3 rings (SSSR count). The summed E-state index contributed by atoms with van der Waals surface area (Å²) in [4.78, 5) is 8.90. The average molecular weight is 341 g/mol. The van der Waals surface area contributed by atoms with Gasteiger partial charge in [0, 0.05) is 28.2 Å². The second-order valence-corrected chi connectivity index (χ2v) is 5.64. The normalized spacial score (nSPS) is 10.3. The van der Waals surface area contributed by atoms with Crippen molar-refractivity contribution in [3.63, 3.8) is 0 Å². The maximum Gasteiger partial charge on any atom is 0.229 e. The molecule has 122 valence electrons. The van der Waals surface area contributed by atoms with Crippen molar-refractivity contribution in [2.45, 2.75) is 6.92 Å². The van der Waals surface area contributed by atoms with E-state index < -0.39 is 0 Å². The number of nitrogens with one attached hydrogen (secondary N) is 2. The van der Waals surface area contributed by atoms with Crippen LogP contribution in [0, 0.1) is 6.92 Å². The minimum atomic E-state index is 0.522. The number of rotatable bonds is 5. The number of benzene rings is 2. The van der Waals surface area contributed by atoms with E-state index in [4.69, 9.17) is 16.3 Å². The Bertz CT molecular complexity index is 819. The van der Waals surface area contributed by atoms with Gasteiger partial charge in [0.15, 0.2) is 0 Å². The molecular weight excluding hydrogens is 324 g/mol. The van der Waals surface area contributed by atoms with Crippen molar-refractivity contribution in [3.05, 3.63) is 65.3 Å². The predicted molar refractivity (Wildman–Crippen MR) is 97.8 cm³/mol. The summed E-state index contributed by atoms with van der Waals surface area (Å²) in [5.74, 6) is 2.04. The molecule has 0 amide bonds. The molecule has 0 fully saturated rings. The summed E-state index contributed by atoms with van der Waals surface area (Å²) >= 11 is 5.90. The molecule has 2 aromatic carbocycles. The largest absolute Gasteiger partial charge is 0.497 e. The molecule has 0 saturated carbocycles. The van der Waals surface area contributed by atoms with Crippen molar-refractivity contribution in [2.24, 2.45) is 0 Å². The summed E-state index contributed by atoms with van der Waals surface area (Å²) in [6, 6.07) is 16.9. The van der Waals surface area contributed by atoms with Gasteiger partial charge in [0.25, 0.3) is 0 Å². The van der Waals surface area contributed by atoms with Crippen molar-refractivity contribution >= 4 is 34.7 Å². The van der Waals surface area contributed by atoms with Crippen LogP contribution >= 0.6 is 11.6 Å². The van der Waals surface area contributed by atoms with E-state index in [1.807, 2.05) is 61.5 Å². The summed E-state index contributed by atoms with van der Waals surface area (Å²) in [6.07, 6.45) is 0. The van der Waals surface area contributed by atoms with Gasteiger partial charge in [0.1, 0.15) is 11.6 Å². The highest BCUT2D eigenvalue weighted by Crippen LogP contribution is 2.21. The maximum atomic E-state index is 5.90. The zero-order valence-electron chi connectivity index (χ0n) is 13.4. The van der Waals surface area contributed by atoms with Crippen LogP contribution in [0.4, 0.5) is 23.1 Å². The molecule has 5 nitrogen and oxygen atoms in total. The highest BCUT2D eigenvalue weighted by molar-refractivity contribution is 6.30. The van der Waals surface area contributed by atoms with Crippen LogP contribution in [0.5, 0.6) is 5.75 Å². The molecule has 0 atom stereocenters. The van der Waals surface area contributed by atoms with Gasteiger partial charge in [0.05, 0.1) is 7.11 Å². The van der Waals surface area contributed by atoms with Crippen LogP contribution in [0.25, 0.3) is 0 Å². The lowest BCUT2D eigenvalue weighted by atomic mass is 10.3. The van der Waals surface area contributed by atoms with E-state index >= 15 is 0 Å². The smallest absolute Gasteiger partial charge is 0.229 e. The lowest BCUT2D eigenvalue weighted by Gasteiger charge is -2.10. The van der Waals surface area contributed by atoms with E-state index in [2.05, 4.69) is 20.6 Å². The molecule has 0 spiro atoms. The molecule has 0 saturated heterocycles. The number of methoxy groups -OCH3 is 1. The Morgan fingerprint density at radius 1 is 0.875 bits per heavy atom. The maximum absolute atomic E-state index is 5.90. The molecule has 1 aromatic heterocycles. The standard InChI is InChI=1S/C18H17ClN4O/c1-12-11-17(21-14-7-9-16(24-2)10-8-14)23-18(20-12)22-15-5-3-13(19)4-6-15/h3-11H,1-2H3,(H2,20,21,22,23). The molecular formula is C18H17ClN4O. The van der Waals surface area contributed by atoms with Crippen LogP contribution in [-0.2, 0) is 0 Å². The van der Waals surface area contributed by atoms with Gasteiger partial charge in [-0.05, 0) is 55.5 Å². The lowest BCUT2D eigenvalue weighted by molar-refractivity contribution is 0.415. The first-order chi connectivity index (χ1) is 11.6. The Morgan fingerprint density at radius 3 is 2.17 bits per heavy atom. The molecule has 0 aliphatic heterocycles. The van der Waals surface area contributed by atoms with Gasteiger partial charge in [-0.1, -0.05) is 11.6 Å². The molecule has 24 heavy (non-hydrogen) atoms. The molecule has 0 aliphatic rings. The van der Waals surface area contributed by atoms with Crippen molar-refractivity contribution in [1.29, 1.82) is 0 Å². The van der Waals surface area contributed by atoms with Crippen molar-refractivity contribution in [2.75, 3.05) is 17.7 Å². The zero-order valence-corrected chi connectivity index (χ0v) is 14.1. The minimum Gasteiger partial charge on any atom is -0.497 e. The van der Waals surface area contributed by atoms with E-state index in [0.29, 0.717) is 16.8 Å². The fourth-order valence-electron chi connectivity index (χ4n) is 2.17. The number of hydrogen-bond acceptors (Lipinski definition) is 5. The van der Waals surface area contributed by atoms with Crippen LogP contribution in [0.2, 0.25) is 5.02 Å². The molecule has 2 N–H and O–H groups in total. The summed E-state index contributed by atoms with van der Waals surface area (Å²) in [7, 11) is 1.64. The average Bonchev–Trinajstić information content (AvgIpc) is 2.57. The first kappa shape index (κ1) is 16.1. The summed E-state index contributed by atoms with van der Waals surface area (Å²) in [5, 5.41) is 7.13. The first-order valence-corrected chi connectivity index (χ1v) is 7.79. The summed E-state index contributed by atoms with van der Waals surface area (Å²) in [5.41, 5.74) is 2.66. The number of anilines is 4. The van der Waals surface area contributed by atoms with E-state index in [1.165, 1.54) is 0 Å². The van der Waals surface area contributed by atoms with Crippen molar-refractivity contribution < 1.29 is 4.74 Å². The van der Waals surface area contributed by atoms with Gasteiger partial charge in [0.2, 0.25) is 5.95 Å². The lowest BCUT2D eigenvalue weighted by Crippen LogP contribution is -2.02. The highest BCUT2D eigenvalue weighted by atomic mass is 35.5. The first-order valence-electron chi connectivity index (χ1n) is 7.42. The Hall–Kier alpha value is -2.79. The van der Waals surface area contributed by atoms with Crippen molar-refractivity contribution in [3.8, 4) is 5.75 Å². The fraction of sp³-hybridized carbons (Fsp3) is 0.111. The zero-order chi connectivity index (χ0) is 16.9. The van der Waals surface area contributed by atoms with E-state index in [1.54, 1.807) is 7.11 Å². The third kappa shape index (κ3) is 4.14. The second kappa shape index (κ2) is 7.19. The molecule has 1 heterocycles.